The molecule has 0 aliphatic heterocycles. The summed E-state index contributed by atoms with van der Waals surface area (Å²) in [6, 6.07) is 4.47. The average molecular weight is 307 g/mol. The van der Waals surface area contributed by atoms with Gasteiger partial charge in [0.25, 0.3) is 0 Å². The zero-order chi connectivity index (χ0) is 16.5. The van der Waals surface area contributed by atoms with E-state index in [9.17, 15) is 14.7 Å². The van der Waals surface area contributed by atoms with Gasteiger partial charge in [0.1, 0.15) is 17.1 Å². The quantitative estimate of drug-likeness (QED) is 0.252. The molecule has 0 fully saturated rings. The minimum absolute atomic E-state index is 0.0428. The Kier molecular flexibility index (Phi) is 6.95. The molecule has 6 nitrogen and oxygen atoms in total. The van der Waals surface area contributed by atoms with Crippen molar-refractivity contribution in [2.45, 2.75) is 26.7 Å². The molecule has 2 N–H and O–H groups in total. The lowest BCUT2D eigenvalue weighted by Crippen LogP contribution is -2.17. The lowest BCUT2D eigenvalue weighted by atomic mass is 10.1. The van der Waals surface area contributed by atoms with Crippen LogP contribution in [0.15, 0.2) is 30.0 Å². The molecular formula is C16H21NO5. The Morgan fingerprint density at radius 1 is 1.32 bits per heavy atom. The summed E-state index contributed by atoms with van der Waals surface area (Å²) in [6.07, 6.45) is 2.21. The first-order valence-electron chi connectivity index (χ1n) is 7.07. The maximum Gasteiger partial charge on any atom is 0.343 e. The molecule has 0 aliphatic carbocycles. The topological polar surface area (TPSA) is 84.9 Å². The van der Waals surface area contributed by atoms with Gasteiger partial charge in [0.2, 0.25) is 0 Å². The van der Waals surface area contributed by atoms with Crippen molar-refractivity contribution in [2.75, 3.05) is 19.0 Å². The average Bonchev–Trinajstić information content (AvgIpc) is 2.49. The highest BCUT2D eigenvalue weighted by Gasteiger charge is 2.18. The Hall–Kier alpha value is -2.50. The molecule has 1 aromatic carbocycles. The molecule has 0 bridgehead atoms. The Balaban J connectivity index is 3.02. The number of carbonyl (C=O) groups excluding carboxylic acids is 2. The van der Waals surface area contributed by atoms with E-state index in [4.69, 9.17) is 9.47 Å². The molecule has 120 valence electrons. The second-order valence-electron chi connectivity index (χ2n) is 4.48. The molecule has 0 saturated carbocycles. The van der Waals surface area contributed by atoms with Gasteiger partial charge in [-0.3, -0.25) is 4.79 Å². The number of anilines is 1. The van der Waals surface area contributed by atoms with Crippen molar-refractivity contribution < 1.29 is 24.2 Å². The summed E-state index contributed by atoms with van der Waals surface area (Å²) in [5, 5.41) is 12.3. The first-order valence-corrected chi connectivity index (χ1v) is 7.07. The molecule has 0 aromatic heterocycles. The van der Waals surface area contributed by atoms with Crippen molar-refractivity contribution in [3.05, 3.63) is 30.0 Å². The predicted octanol–water partition coefficient (Wildman–Crippen LogP) is 2.63. The summed E-state index contributed by atoms with van der Waals surface area (Å²) in [7, 11) is 1.46. The third kappa shape index (κ3) is 4.80. The Bertz CT molecular complexity index is 546. The van der Waals surface area contributed by atoms with Crippen LogP contribution in [0, 0.1) is 0 Å². The largest absolute Gasteiger partial charge is 0.508 e. The van der Waals surface area contributed by atoms with Crippen molar-refractivity contribution in [2.24, 2.45) is 0 Å². The smallest absolute Gasteiger partial charge is 0.343 e. The number of carbonyl (C=O) groups is 2. The van der Waals surface area contributed by atoms with Crippen molar-refractivity contribution in [1.29, 1.82) is 0 Å². The van der Waals surface area contributed by atoms with E-state index in [1.807, 2.05) is 6.92 Å². The van der Waals surface area contributed by atoms with E-state index >= 15 is 0 Å². The molecule has 0 unspecified atom stereocenters. The number of phenolic OH excluding ortho intramolecular Hbond substituents is 1. The van der Waals surface area contributed by atoms with Crippen LogP contribution >= 0.6 is 0 Å². The standard InChI is InChI=1S/C16H21NO5/c1-4-6-14(19)12(16(20)22-5-2)10-17-13-8-7-11(18)9-15(13)21-3/h7-10,17-18H,4-6H2,1-3H3/b12-10-. The van der Waals surface area contributed by atoms with Gasteiger partial charge in [0.15, 0.2) is 5.78 Å². The van der Waals surface area contributed by atoms with E-state index in [0.717, 1.165) is 0 Å². The number of methoxy groups -OCH3 is 1. The van der Waals surface area contributed by atoms with E-state index in [0.29, 0.717) is 17.9 Å². The van der Waals surface area contributed by atoms with E-state index < -0.39 is 5.97 Å². The van der Waals surface area contributed by atoms with E-state index in [2.05, 4.69) is 5.32 Å². The minimum Gasteiger partial charge on any atom is -0.508 e. The number of phenols is 1. The predicted molar refractivity (Wildman–Crippen MR) is 82.9 cm³/mol. The molecule has 0 radical (unpaired) electrons. The fourth-order valence-electron chi connectivity index (χ4n) is 1.77. The van der Waals surface area contributed by atoms with Gasteiger partial charge in [0, 0.05) is 18.7 Å². The normalized spacial score (nSPS) is 11.0. The van der Waals surface area contributed by atoms with Crippen molar-refractivity contribution >= 4 is 17.4 Å². The molecule has 0 aliphatic rings. The number of ketones is 1. The molecule has 1 rings (SSSR count). The van der Waals surface area contributed by atoms with Gasteiger partial charge in [-0.1, -0.05) is 6.92 Å². The van der Waals surface area contributed by atoms with E-state index in [1.54, 1.807) is 13.0 Å². The van der Waals surface area contributed by atoms with Gasteiger partial charge < -0.3 is 19.9 Å². The second kappa shape index (κ2) is 8.71. The lowest BCUT2D eigenvalue weighted by Gasteiger charge is -2.10. The maximum absolute atomic E-state index is 12.0. The number of aromatic hydroxyl groups is 1. The number of Topliss-reactive ketones (excluding diaryl/α,β-unsaturated/α-hetero) is 1. The van der Waals surface area contributed by atoms with Crippen LogP contribution in [0.25, 0.3) is 0 Å². The number of nitrogens with one attached hydrogen (secondary N) is 1. The van der Waals surface area contributed by atoms with Crippen molar-refractivity contribution in [3.8, 4) is 11.5 Å². The number of rotatable bonds is 8. The van der Waals surface area contributed by atoms with Crippen molar-refractivity contribution in [1.82, 2.24) is 0 Å². The second-order valence-corrected chi connectivity index (χ2v) is 4.48. The Morgan fingerprint density at radius 2 is 2.05 bits per heavy atom. The number of hydrogen-bond donors (Lipinski definition) is 2. The Morgan fingerprint density at radius 3 is 2.64 bits per heavy atom. The van der Waals surface area contributed by atoms with Gasteiger partial charge in [-0.2, -0.15) is 0 Å². The van der Waals surface area contributed by atoms with Crippen LogP contribution < -0.4 is 10.1 Å². The summed E-state index contributed by atoms with van der Waals surface area (Å²) in [6.45, 7) is 3.73. The molecule has 0 atom stereocenters. The van der Waals surface area contributed by atoms with Crippen LogP contribution in [-0.2, 0) is 14.3 Å². The van der Waals surface area contributed by atoms with Crippen LogP contribution in [0.5, 0.6) is 11.5 Å². The van der Waals surface area contributed by atoms with E-state index in [-0.39, 0.29) is 30.1 Å². The number of ether oxygens (including phenoxy) is 2. The van der Waals surface area contributed by atoms with E-state index in [1.165, 1.54) is 25.4 Å². The molecule has 0 saturated heterocycles. The zero-order valence-corrected chi connectivity index (χ0v) is 13.0. The van der Waals surface area contributed by atoms with Gasteiger partial charge in [-0.15, -0.1) is 0 Å². The van der Waals surface area contributed by atoms with Crippen LogP contribution in [-0.4, -0.2) is 30.6 Å². The third-order valence-corrected chi connectivity index (χ3v) is 2.83. The first kappa shape index (κ1) is 17.6. The molecule has 0 spiro atoms. The molecule has 6 heteroatoms. The zero-order valence-electron chi connectivity index (χ0n) is 13.0. The number of esters is 1. The summed E-state index contributed by atoms with van der Waals surface area (Å²) in [4.78, 5) is 23.9. The van der Waals surface area contributed by atoms with Crippen LogP contribution in [0.2, 0.25) is 0 Å². The summed E-state index contributed by atoms with van der Waals surface area (Å²) < 4.78 is 10.0. The van der Waals surface area contributed by atoms with Crippen LogP contribution in [0.3, 0.4) is 0 Å². The molecule has 22 heavy (non-hydrogen) atoms. The highest BCUT2D eigenvalue weighted by molar-refractivity contribution is 6.17. The van der Waals surface area contributed by atoms with Gasteiger partial charge in [-0.05, 0) is 25.5 Å². The summed E-state index contributed by atoms with van der Waals surface area (Å²) >= 11 is 0. The number of hydrogen-bond acceptors (Lipinski definition) is 6. The monoisotopic (exact) mass is 307 g/mol. The fourth-order valence-corrected chi connectivity index (χ4v) is 1.77. The minimum atomic E-state index is -0.661. The molecule has 0 heterocycles. The van der Waals surface area contributed by atoms with Gasteiger partial charge in [-0.25, -0.2) is 4.79 Å². The number of benzene rings is 1. The summed E-state index contributed by atoms with van der Waals surface area (Å²) in [5.74, 6) is -0.501. The third-order valence-electron chi connectivity index (χ3n) is 2.83. The molecule has 0 amide bonds. The first-order chi connectivity index (χ1) is 10.5. The summed E-state index contributed by atoms with van der Waals surface area (Å²) in [5.41, 5.74) is 0.477. The fraction of sp³-hybridized carbons (Fsp3) is 0.375. The van der Waals surface area contributed by atoms with Crippen molar-refractivity contribution in [3.63, 3.8) is 0 Å². The van der Waals surface area contributed by atoms with Crippen LogP contribution in [0.4, 0.5) is 5.69 Å². The van der Waals surface area contributed by atoms with Crippen LogP contribution in [0.1, 0.15) is 26.7 Å². The van der Waals surface area contributed by atoms with Gasteiger partial charge in [0.05, 0.1) is 19.4 Å². The Labute approximate surface area is 129 Å². The highest BCUT2D eigenvalue weighted by atomic mass is 16.5. The maximum atomic E-state index is 12.0. The molecular weight excluding hydrogens is 286 g/mol. The highest BCUT2D eigenvalue weighted by Crippen LogP contribution is 2.28. The van der Waals surface area contributed by atoms with Gasteiger partial charge >= 0.3 is 5.97 Å². The molecule has 1 aromatic rings. The lowest BCUT2D eigenvalue weighted by molar-refractivity contribution is -0.140. The SMILES string of the molecule is CCCC(=O)/C(=C/Nc1ccc(O)cc1OC)C(=O)OCC.